The second kappa shape index (κ2) is 43.3. The highest BCUT2D eigenvalue weighted by atomic mass is 35.5. The molecular weight excluding hydrogens is 1670 g/mol. The normalized spacial score (nSPS) is 15.4. The quantitative estimate of drug-likeness (QED) is 0.0154. The minimum Gasteiger partial charge on any atom is -0.497 e. The van der Waals surface area contributed by atoms with Crippen LogP contribution in [0.25, 0.3) is 0 Å². The Hall–Kier alpha value is -13.7. The van der Waals surface area contributed by atoms with Crippen LogP contribution in [-0.2, 0) is 9.47 Å². The number of hydrogen-bond donors (Lipinski definition) is 9. The van der Waals surface area contributed by atoms with E-state index in [1.54, 1.807) is 70.8 Å². The van der Waals surface area contributed by atoms with Crippen LogP contribution < -0.4 is 87.1 Å². The van der Waals surface area contributed by atoms with Crippen molar-refractivity contribution >= 4 is 122 Å². The number of primary amides is 2. The number of carbonyl (C=O) groups excluding carboxylic acids is 4. The summed E-state index contributed by atoms with van der Waals surface area (Å²) >= 11 is 5.69. The fraction of sp³-hybridized carbons (Fsp3) is 0.341. The van der Waals surface area contributed by atoms with E-state index in [1.165, 1.54) is 20.3 Å². The Kier molecular flexibility index (Phi) is 32.5. The number of amides is 2. The van der Waals surface area contributed by atoms with Gasteiger partial charge in [0.2, 0.25) is 0 Å². The number of hydrogen-bond acceptors (Lipinski definition) is 27. The van der Waals surface area contributed by atoms with Crippen molar-refractivity contribution in [2.75, 3.05) is 148 Å². The summed E-state index contributed by atoms with van der Waals surface area (Å²) in [7, 11) is 10.3. The van der Waals surface area contributed by atoms with Crippen molar-refractivity contribution in [1.29, 1.82) is 0 Å². The molecule has 5 aromatic carbocycles. The Morgan fingerprint density at radius 3 is 0.850 bits per heavy atom. The first-order valence-corrected chi connectivity index (χ1v) is 40.9. The van der Waals surface area contributed by atoms with Crippen molar-refractivity contribution in [1.82, 2.24) is 24.9 Å². The zero-order valence-electron chi connectivity index (χ0n) is 73.2. The van der Waals surface area contributed by atoms with Gasteiger partial charge >= 0.3 is 17.9 Å². The third kappa shape index (κ3) is 25.3. The maximum Gasteiger partial charge on any atom is 0.341 e. The molecule has 674 valence electrons. The fourth-order valence-corrected chi connectivity index (χ4v) is 14.7. The number of ether oxygens (including phenoxy) is 7. The number of nitrogens with one attached hydrogen (secondary N) is 5. The molecule has 36 heteroatoms. The van der Waals surface area contributed by atoms with Crippen LogP contribution in [0.3, 0.4) is 0 Å². The summed E-state index contributed by atoms with van der Waals surface area (Å²) < 4.78 is 107. The molecule has 30 nitrogen and oxygen atoms in total. The molecule has 14 rings (SSSR count). The summed E-state index contributed by atoms with van der Waals surface area (Å²) in [6, 6.07) is 32.9. The van der Waals surface area contributed by atoms with Crippen molar-refractivity contribution in [2.24, 2.45) is 35.0 Å². The maximum absolute atomic E-state index is 14.7. The number of benzene rings is 5. The smallest absolute Gasteiger partial charge is 0.341 e. The lowest BCUT2D eigenvalue weighted by Crippen LogP contribution is -2.28. The number of methoxy groups -OCH3 is 7. The van der Waals surface area contributed by atoms with E-state index in [0.29, 0.717) is 101 Å². The summed E-state index contributed by atoms with van der Waals surface area (Å²) in [6.07, 6.45) is 3.68. The van der Waals surface area contributed by atoms with Gasteiger partial charge in [-0.3, -0.25) is 9.59 Å². The molecule has 12 N–H and O–H groups in total. The summed E-state index contributed by atoms with van der Waals surface area (Å²) in [5.74, 6) is -0.786. The van der Waals surface area contributed by atoms with Crippen LogP contribution in [0.1, 0.15) is 126 Å². The van der Waals surface area contributed by atoms with Crippen molar-refractivity contribution in [2.45, 2.75) is 87.1 Å². The molecule has 127 heavy (non-hydrogen) atoms. The van der Waals surface area contributed by atoms with E-state index >= 15 is 0 Å². The molecule has 4 saturated heterocycles. The van der Waals surface area contributed by atoms with Crippen LogP contribution in [0.2, 0.25) is 5.15 Å². The number of esters is 2. The van der Waals surface area contributed by atoms with E-state index in [0.717, 1.165) is 104 Å². The molecule has 0 bridgehead atoms. The van der Waals surface area contributed by atoms with Gasteiger partial charge in [-0.25, -0.2) is 61.3 Å². The molecule has 2 amide bonds. The van der Waals surface area contributed by atoms with Crippen LogP contribution in [-0.4, -0.2) is 168 Å². The Morgan fingerprint density at radius 1 is 0.362 bits per heavy atom. The van der Waals surface area contributed by atoms with Crippen LogP contribution in [0, 0.1) is 81.5 Å². The molecule has 10 aromatic rings. The SMILES string of the molecule is COC(=O)c1cc(F)c(Cl)nc1Nc1cc(C)cc(OC)c1.COC(=O)c1cc(F)c(N2CC[C@@H](C)C2)nc1Nc1cc(C)cc(OC)c1.COc1cc(C)cc(Nc2nc(N3CC[C@@H](C)C3)c(F)cc2C(=O)O)c1.COc1cc(C)cc(Nc2nc(N3CC[C@@H](C)C3)c(F)cc2C(N)=O)c1.COc1cc(C)cc(Nc2nc(N3CC[C@@H](N)C3)c(F)cc2C(N)=O)c1. The predicted molar refractivity (Wildman–Crippen MR) is 481 cm³/mol. The highest BCUT2D eigenvalue weighted by Gasteiger charge is 2.32. The van der Waals surface area contributed by atoms with Gasteiger partial charge in [-0.05, 0) is 197 Å². The summed E-state index contributed by atoms with van der Waals surface area (Å²) in [6.45, 7) is 21.4. The minimum atomic E-state index is -1.24. The molecule has 0 aliphatic carbocycles. The molecule has 5 aromatic heterocycles. The van der Waals surface area contributed by atoms with Crippen molar-refractivity contribution in [3.05, 3.63) is 211 Å². The first-order chi connectivity index (χ1) is 60.4. The van der Waals surface area contributed by atoms with Gasteiger partial charge in [0.1, 0.15) is 74.5 Å². The Bertz CT molecular complexity index is 5360. The number of aromatic nitrogens is 5. The largest absolute Gasteiger partial charge is 0.497 e. The monoisotopic (exact) mass is 1770 g/mol. The standard InChI is InChI=1S/C20H24FN3O3.C19H23FN4O2.C19H22FN3O3.C18H22FN5O2.C15H14ClFN2O3/c1-12-5-6-24(11-12)19-17(21)10-16(20(25)27-4)18(23-19)22-14-7-13(2)8-15(9-14)26-3;1-11-4-5-24(10-11)19-16(20)9-15(17(21)25)18(23-19)22-13-6-12(2)7-14(8-13)26-3;1-11-4-5-23(10-11)18-16(20)9-15(19(24)25)17(22-18)21-13-6-12(2)7-14(8-13)26-3;1-10-5-12(7-13(6-10)26-2)22-17-14(16(21)25)8-15(19)18(23-17)24-4-3-11(20)9-24;1-8-4-9(6-10(5-8)21-2)18-14-11(15(20)22-3)7-12(17)13(16)19-14/h7-10,12H,5-6,11H2,1-4H3,(H,22,23);6-9,11H,4-5,10H2,1-3H3,(H2,21,25)(H,22,23);6-9,11H,4-5,10H2,1-3H3,(H,21,22)(H,24,25);5-8,11H,3-4,9,20H2,1-2H3,(H2,21,25)(H,22,23);4-7H,1-3H3,(H,18,19)/t12-;3*11-;/m1111./s1. The van der Waals surface area contributed by atoms with Gasteiger partial charge in [0.25, 0.3) is 11.8 Å². The number of carboxylic acids is 1. The van der Waals surface area contributed by atoms with E-state index < -0.39 is 58.8 Å². The van der Waals surface area contributed by atoms with E-state index in [-0.39, 0.29) is 91.4 Å². The number of rotatable bonds is 24. The van der Waals surface area contributed by atoms with Crippen molar-refractivity contribution < 1.29 is 84.2 Å². The fourth-order valence-electron chi connectivity index (χ4n) is 14.6. The van der Waals surface area contributed by atoms with E-state index in [1.807, 2.05) is 110 Å². The molecule has 4 aliphatic rings. The number of carbonyl (C=O) groups is 5. The van der Waals surface area contributed by atoms with Crippen molar-refractivity contribution in [3.8, 4) is 28.7 Å². The first-order valence-electron chi connectivity index (χ1n) is 40.5. The van der Waals surface area contributed by atoms with E-state index in [9.17, 15) is 51.0 Å². The third-order valence-electron chi connectivity index (χ3n) is 20.8. The lowest BCUT2D eigenvalue weighted by molar-refractivity contribution is 0.0592. The highest BCUT2D eigenvalue weighted by Crippen LogP contribution is 2.38. The molecule has 0 saturated carbocycles. The van der Waals surface area contributed by atoms with Gasteiger partial charge in [-0.15, -0.1) is 0 Å². The first kappa shape index (κ1) is 95.5. The molecular formula is C91H105ClF5N17O13. The van der Waals surface area contributed by atoms with E-state index in [2.05, 4.69) is 77.0 Å². The average molecular weight is 1780 g/mol. The maximum atomic E-state index is 14.7. The minimum absolute atomic E-state index is 0.0129. The van der Waals surface area contributed by atoms with Gasteiger partial charge in [0, 0.05) is 117 Å². The Morgan fingerprint density at radius 2 is 0.606 bits per heavy atom. The molecule has 4 atom stereocenters. The average Bonchev–Trinajstić information content (AvgIpc) is 1.79. The van der Waals surface area contributed by atoms with E-state index in [4.69, 9.17) is 57.2 Å². The van der Waals surface area contributed by atoms with Crippen LogP contribution in [0.4, 0.5) is 103 Å². The van der Waals surface area contributed by atoms with Crippen LogP contribution in [0.15, 0.2) is 121 Å². The van der Waals surface area contributed by atoms with Gasteiger partial charge in [-0.2, -0.15) is 0 Å². The predicted octanol–water partition coefficient (Wildman–Crippen LogP) is 16.6. The number of pyridine rings is 5. The molecule has 9 heterocycles. The van der Waals surface area contributed by atoms with Crippen molar-refractivity contribution in [3.63, 3.8) is 0 Å². The molecule has 4 aliphatic heterocycles. The van der Waals surface area contributed by atoms with Gasteiger partial charge < -0.3 is 102 Å². The number of anilines is 14. The third-order valence-corrected chi connectivity index (χ3v) is 21.0. The zero-order valence-corrected chi connectivity index (χ0v) is 74.0. The number of halogens is 6. The number of nitrogens with two attached hydrogens (primary N) is 3. The lowest BCUT2D eigenvalue weighted by Gasteiger charge is -2.20. The summed E-state index contributed by atoms with van der Waals surface area (Å²) in [5, 5.41) is 24.3. The molecule has 0 unspecified atom stereocenters. The van der Waals surface area contributed by atoms with Gasteiger partial charge in [0.05, 0.1) is 60.9 Å². The van der Waals surface area contributed by atoms with Crippen LogP contribution in [0.5, 0.6) is 28.7 Å². The Labute approximate surface area is 738 Å². The number of aromatic carboxylic acids is 1. The Balaban J connectivity index is 0.000000166. The molecule has 0 spiro atoms. The van der Waals surface area contributed by atoms with Gasteiger partial charge in [0.15, 0.2) is 57.5 Å². The number of aryl methyl sites for hydroxylation is 5. The summed E-state index contributed by atoms with van der Waals surface area (Å²) in [5.41, 5.74) is 24.6. The second-order valence-corrected chi connectivity index (χ2v) is 31.6. The van der Waals surface area contributed by atoms with Crippen LogP contribution >= 0.6 is 11.6 Å². The molecule has 0 radical (unpaired) electrons. The second-order valence-electron chi connectivity index (χ2n) is 31.3. The van der Waals surface area contributed by atoms with Gasteiger partial charge in [-0.1, -0.05) is 32.4 Å². The zero-order chi connectivity index (χ0) is 92.4. The molecule has 4 fully saturated rings. The number of nitrogens with zero attached hydrogens (tertiary/aromatic N) is 9. The lowest BCUT2D eigenvalue weighted by atomic mass is 10.2. The highest BCUT2D eigenvalue weighted by molar-refractivity contribution is 6.29. The summed E-state index contributed by atoms with van der Waals surface area (Å²) in [4.78, 5) is 87.7. The number of carboxylic acid groups (broad SMARTS) is 1. The topological polar surface area (TPSA) is 386 Å².